The van der Waals surface area contributed by atoms with Crippen LogP contribution in [0.15, 0.2) is 64.3 Å². The largest absolute Gasteiger partial charge is 0.334 e. The lowest BCUT2D eigenvalue weighted by Crippen LogP contribution is -2.02. The normalized spacial score (nSPS) is 11.1. The van der Waals surface area contributed by atoms with Gasteiger partial charge in [0.25, 0.3) is 5.89 Å². The summed E-state index contributed by atoms with van der Waals surface area (Å²) in [4.78, 5) is 4.49. The van der Waals surface area contributed by atoms with Crippen LogP contribution in [0.2, 0.25) is 0 Å². The molecule has 6 nitrogen and oxygen atoms in total. The van der Waals surface area contributed by atoms with Crippen molar-refractivity contribution in [1.29, 1.82) is 0 Å². The number of nitrogens with zero attached hydrogens (tertiary/aromatic N) is 5. The molecule has 0 aliphatic heterocycles. The van der Waals surface area contributed by atoms with Crippen molar-refractivity contribution in [3.05, 3.63) is 66.0 Å². The van der Waals surface area contributed by atoms with Gasteiger partial charge in [-0.05, 0) is 31.5 Å². The second-order valence-corrected chi connectivity index (χ2v) is 7.44. The zero-order valence-electron chi connectivity index (χ0n) is 15.9. The monoisotopic (exact) mass is 391 g/mol. The van der Waals surface area contributed by atoms with E-state index in [1.807, 2.05) is 36.4 Å². The van der Waals surface area contributed by atoms with E-state index < -0.39 is 0 Å². The minimum atomic E-state index is 0.534. The van der Waals surface area contributed by atoms with Gasteiger partial charge in [-0.2, -0.15) is 4.98 Å². The number of rotatable bonds is 7. The molecule has 4 aromatic rings. The topological polar surface area (TPSA) is 69.6 Å². The van der Waals surface area contributed by atoms with E-state index in [1.165, 1.54) is 5.56 Å². The highest BCUT2D eigenvalue weighted by atomic mass is 32.2. The van der Waals surface area contributed by atoms with Crippen LogP contribution >= 0.6 is 11.8 Å². The molecular formula is C21H21N5OS. The average molecular weight is 392 g/mol. The number of benzene rings is 2. The SMILES string of the molecule is CCCn1c(SCc2noc(-c3ccccc3)n2)nnc1-c1cccc(C)c1. The number of aromatic nitrogens is 5. The molecule has 2 heterocycles. The highest BCUT2D eigenvalue weighted by Crippen LogP contribution is 2.27. The second kappa shape index (κ2) is 8.39. The molecule has 0 fully saturated rings. The third-order valence-electron chi connectivity index (χ3n) is 4.26. The summed E-state index contributed by atoms with van der Waals surface area (Å²) in [6, 6.07) is 18.1. The van der Waals surface area contributed by atoms with E-state index in [0.29, 0.717) is 17.5 Å². The Labute approximate surface area is 168 Å². The van der Waals surface area contributed by atoms with E-state index in [-0.39, 0.29) is 0 Å². The number of hydrogen-bond acceptors (Lipinski definition) is 6. The summed E-state index contributed by atoms with van der Waals surface area (Å²) in [6.45, 7) is 5.10. The van der Waals surface area contributed by atoms with Gasteiger partial charge in [0, 0.05) is 17.7 Å². The van der Waals surface area contributed by atoms with E-state index in [9.17, 15) is 0 Å². The van der Waals surface area contributed by atoms with E-state index in [0.717, 1.165) is 35.1 Å². The first-order valence-corrected chi connectivity index (χ1v) is 10.2. The Balaban J connectivity index is 1.53. The molecule has 0 unspecified atom stereocenters. The molecule has 0 saturated heterocycles. The lowest BCUT2D eigenvalue weighted by molar-refractivity contribution is 0.425. The molecule has 0 aliphatic carbocycles. The molecule has 0 aliphatic rings. The third-order valence-corrected chi connectivity index (χ3v) is 5.22. The van der Waals surface area contributed by atoms with Crippen molar-refractivity contribution < 1.29 is 4.52 Å². The standard InChI is InChI=1S/C21H21N5OS/c1-3-12-26-19(17-11-7-8-15(2)13-17)23-24-21(26)28-14-18-22-20(27-25-18)16-9-5-4-6-10-16/h4-11,13H,3,12,14H2,1-2H3. The van der Waals surface area contributed by atoms with Crippen LogP contribution in [0.25, 0.3) is 22.8 Å². The van der Waals surface area contributed by atoms with Gasteiger partial charge in [-0.15, -0.1) is 10.2 Å². The number of aryl methyl sites for hydroxylation is 1. The van der Waals surface area contributed by atoms with Gasteiger partial charge in [0.1, 0.15) is 0 Å². The number of hydrogen-bond donors (Lipinski definition) is 0. The molecule has 28 heavy (non-hydrogen) atoms. The molecular weight excluding hydrogens is 370 g/mol. The van der Waals surface area contributed by atoms with Crippen molar-refractivity contribution in [2.75, 3.05) is 0 Å². The maximum Gasteiger partial charge on any atom is 0.257 e. The van der Waals surface area contributed by atoms with Crippen LogP contribution < -0.4 is 0 Å². The van der Waals surface area contributed by atoms with Crippen LogP contribution in [0.4, 0.5) is 0 Å². The fourth-order valence-corrected chi connectivity index (χ4v) is 3.77. The Bertz CT molecular complexity index is 1060. The summed E-state index contributed by atoms with van der Waals surface area (Å²) >= 11 is 1.57. The van der Waals surface area contributed by atoms with Crippen LogP contribution in [0.3, 0.4) is 0 Å². The summed E-state index contributed by atoms with van der Waals surface area (Å²) in [6.07, 6.45) is 1.00. The third kappa shape index (κ3) is 3.99. The van der Waals surface area contributed by atoms with Gasteiger partial charge in [0.15, 0.2) is 16.8 Å². The Morgan fingerprint density at radius 2 is 1.82 bits per heavy atom. The minimum absolute atomic E-state index is 0.534. The molecule has 0 atom stereocenters. The summed E-state index contributed by atoms with van der Waals surface area (Å²) in [7, 11) is 0. The zero-order chi connectivity index (χ0) is 19.3. The maximum atomic E-state index is 5.39. The molecule has 0 spiro atoms. The molecule has 0 saturated carbocycles. The molecule has 4 rings (SSSR count). The van der Waals surface area contributed by atoms with Crippen molar-refractivity contribution in [3.63, 3.8) is 0 Å². The molecule has 7 heteroatoms. The molecule has 2 aromatic carbocycles. The van der Waals surface area contributed by atoms with Crippen LogP contribution in [0.1, 0.15) is 24.7 Å². The van der Waals surface area contributed by atoms with Crippen molar-refractivity contribution in [2.24, 2.45) is 0 Å². The fourth-order valence-electron chi connectivity index (χ4n) is 2.96. The summed E-state index contributed by atoms with van der Waals surface area (Å²) in [5.74, 6) is 2.65. The molecule has 2 aromatic heterocycles. The van der Waals surface area contributed by atoms with Gasteiger partial charge < -0.3 is 9.09 Å². The Kier molecular flexibility index (Phi) is 5.53. The maximum absolute atomic E-state index is 5.39. The lowest BCUT2D eigenvalue weighted by atomic mass is 10.1. The predicted octanol–water partition coefficient (Wildman–Crippen LogP) is 5.01. The first kappa shape index (κ1) is 18.4. The van der Waals surface area contributed by atoms with Crippen LogP contribution in [-0.2, 0) is 12.3 Å². The van der Waals surface area contributed by atoms with E-state index in [2.05, 4.69) is 57.0 Å². The van der Waals surface area contributed by atoms with Crippen molar-refractivity contribution in [1.82, 2.24) is 24.9 Å². The lowest BCUT2D eigenvalue weighted by Gasteiger charge is -2.08. The highest BCUT2D eigenvalue weighted by molar-refractivity contribution is 7.98. The van der Waals surface area contributed by atoms with Crippen LogP contribution in [-0.4, -0.2) is 24.9 Å². The predicted molar refractivity (Wildman–Crippen MR) is 110 cm³/mol. The van der Waals surface area contributed by atoms with Gasteiger partial charge in [-0.3, -0.25) is 0 Å². The number of thioether (sulfide) groups is 1. The highest BCUT2D eigenvalue weighted by Gasteiger charge is 2.16. The summed E-state index contributed by atoms with van der Waals surface area (Å²) in [5, 5.41) is 13.8. The van der Waals surface area contributed by atoms with Gasteiger partial charge in [-0.1, -0.05) is 65.8 Å². The Morgan fingerprint density at radius 3 is 2.61 bits per heavy atom. The molecule has 142 valence electrons. The van der Waals surface area contributed by atoms with Gasteiger partial charge in [0.05, 0.1) is 5.75 Å². The Morgan fingerprint density at radius 1 is 1.00 bits per heavy atom. The van der Waals surface area contributed by atoms with Gasteiger partial charge in [-0.25, -0.2) is 0 Å². The molecule has 0 amide bonds. The molecule has 0 N–H and O–H groups in total. The molecule has 0 bridgehead atoms. The van der Waals surface area contributed by atoms with Crippen molar-refractivity contribution in [2.45, 2.75) is 37.7 Å². The van der Waals surface area contributed by atoms with E-state index in [4.69, 9.17) is 4.52 Å². The summed E-state index contributed by atoms with van der Waals surface area (Å²) < 4.78 is 7.55. The Hall–Kier alpha value is -2.93. The first-order valence-electron chi connectivity index (χ1n) is 9.25. The van der Waals surface area contributed by atoms with Gasteiger partial charge >= 0.3 is 0 Å². The first-order chi connectivity index (χ1) is 13.7. The van der Waals surface area contributed by atoms with Crippen LogP contribution in [0.5, 0.6) is 0 Å². The van der Waals surface area contributed by atoms with Crippen molar-refractivity contribution >= 4 is 11.8 Å². The van der Waals surface area contributed by atoms with Crippen molar-refractivity contribution in [3.8, 4) is 22.8 Å². The average Bonchev–Trinajstić information content (AvgIpc) is 3.35. The zero-order valence-corrected chi connectivity index (χ0v) is 16.7. The quantitative estimate of drug-likeness (QED) is 0.413. The second-order valence-electron chi connectivity index (χ2n) is 6.50. The molecule has 0 radical (unpaired) electrons. The van der Waals surface area contributed by atoms with E-state index in [1.54, 1.807) is 11.8 Å². The summed E-state index contributed by atoms with van der Waals surface area (Å²) in [5.41, 5.74) is 3.21. The van der Waals surface area contributed by atoms with Crippen LogP contribution in [0, 0.1) is 6.92 Å². The smallest absolute Gasteiger partial charge is 0.257 e. The minimum Gasteiger partial charge on any atom is -0.334 e. The van der Waals surface area contributed by atoms with Gasteiger partial charge in [0.2, 0.25) is 0 Å². The van der Waals surface area contributed by atoms with E-state index >= 15 is 0 Å². The fraction of sp³-hybridized carbons (Fsp3) is 0.238.